The quantitative estimate of drug-likeness (QED) is 0.579. The van der Waals surface area contributed by atoms with Crippen LogP contribution >= 0.6 is 0 Å². The van der Waals surface area contributed by atoms with E-state index in [0.717, 1.165) is 11.4 Å². The lowest BCUT2D eigenvalue weighted by Crippen LogP contribution is -2.12. The number of aromatic amines is 1. The van der Waals surface area contributed by atoms with E-state index in [1.165, 1.54) is 12.7 Å². The lowest BCUT2D eigenvalue weighted by molar-refractivity contribution is 0.355. The van der Waals surface area contributed by atoms with Crippen molar-refractivity contribution in [1.29, 1.82) is 0 Å². The van der Waals surface area contributed by atoms with Crippen LogP contribution < -0.4 is 15.0 Å². The fourth-order valence-electron chi connectivity index (χ4n) is 3.11. The first-order valence-corrected chi connectivity index (χ1v) is 8.82. The number of H-pyrrole nitrogens is 1. The number of hydrogen-bond acceptors (Lipinski definition) is 5. The Balaban J connectivity index is 1.65. The second kappa shape index (κ2) is 7.19. The number of hydrogen-bond donors (Lipinski definition) is 1. The number of pyridine rings is 1. The smallest absolute Gasteiger partial charge is 0.258 e. The highest BCUT2D eigenvalue weighted by Crippen LogP contribution is 2.30. The molecule has 4 rings (SSSR count). The number of ether oxygens (including phenoxy) is 2. The molecule has 0 unspecified atom stereocenters. The molecule has 0 saturated carbocycles. The van der Waals surface area contributed by atoms with Crippen molar-refractivity contribution in [3.8, 4) is 17.3 Å². The normalized spacial score (nSPS) is 11.0. The van der Waals surface area contributed by atoms with Crippen molar-refractivity contribution >= 4 is 10.9 Å². The molecule has 7 heteroatoms. The Hall–Kier alpha value is -3.61. The van der Waals surface area contributed by atoms with Crippen molar-refractivity contribution in [2.45, 2.75) is 13.3 Å². The van der Waals surface area contributed by atoms with Crippen LogP contribution in [0.3, 0.4) is 0 Å². The number of benzene rings is 1. The predicted molar refractivity (Wildman–Crippen MR) is 107 cm³/mol. The van der Waals surface area contributed by atoms with Gasteiger partial charge in [-0.2, -0.15) is 0 Å². The summed E-state index contributed by atoms with van der Waals surface area (Å²) in [6.45, 7) is 2.04. The van der Waals surface area contributed by atoms with E-state index in [4.69, 9.17) is 9.47 Å². The SMILES string of the molecule is COc1cc2nc(Cc3ccc(-n4ccc(C)c4)nc3)[nH]c(=O)c2cc1OC. The largest absolute Gasteiger partial charge is 0.493 e. The molecule has 142 valence electrons. The average molecular weight is 376 g/mol. The van der Waals surface area contributed by atoms with Crippen molar-refractivity contribution in [3.05, 3.63) is 76.2 Å². The molecule has 0 aliphatic heterocycles. The third-order valence-corrected chi connectivity index (χ3v) is 4.55. The summed E-state index contributed by atoms with van der Waals surface area (Å²) in [6.07, 6.45) is 6.26. The van der Waals surface area contributed by atoms with Crippen LogP contribution in [0, 0.1) is 6.92 Å². The summed E-state index contributed by atoms with van der Waals surface area (Å²) in [5.41, 5.74) is 2.48. The number of aryl methyl sites for hydroxylation is 1. The standard InChI is InChI=1S/C21H20N4O3/c1-13-6-7-25(12-13)20-5-4-14(11-22-20)8-19-23-16-10-18(28-3)17(27-2)9-15(16)21(26)24-19/h4-7,9-12H,8H2,1-3H3,(H,23,24,26). The Morgan fingerprint density at radius 2 is 1.89 bits per heavy atom. The van der Waals surface area contributed by atoms with E-state index in [9.17, 15) is 4.79 Å². The van der Waals surface area contributed by atoms with Gasteiger partial charge in [-0.1, -0.05) is 6.07 Å². The first kappa shape index (κ1) is 17.8. The molecule has 1 N–H and O–H groups in total. The molecule has 28 heavy (non-hydrogen) atoms. The van der Waals surface area contributed by atoms with E-state index >= 15 is 0 Å². The van der Waals surface area contributed by atoms with Gasteiger partial charge in [0.25, 0.3) is 5.56 Å². The van der Waals surface area contributed by atoms with Gasteiger partial charge < -0.3 is 19.0 Å². The van der Waals surface area contributed by atoms with Gasteiger partial charge in [0, 0.05) is 31.1 Å². The molecule has 0 amide bonds. The highest BCUT2D eigenvalue weighted by Gasteiger charge is 2.11. The van der Waals surface area contributed by atoms with Crippen molar-refractivity contribution in [2.24, 2.45) is 0 Å². The van der Waals surface area contributed by atoms with Gasteiger partial charge in [0.2, 0.25) is 0 Å². The van der Waals surface area contributed by atoms with E-state index in [-0.39, 0.29) is 5.56 Å². The molecule has 0 saturated heterocycles. The zero-order valence-corrected chi connectivity index (χ0v) is 15.9. The number of aromatic nitrogens is 4. The second-order valence-electron chi connectivity index (χ2n) is 6.53. The number of rotatable bonds is 5. The van der Waals surface area contributed by atoms with Gasteiger partial charge in [-0.15, -0.1) is 0 Å². The van der Waals surface area contributed by atoms with E-state index in [2.05, 4.69) is 15.0 Å². The zero-order chi connectivity index (χ0) is 19.7. The predicted octanol–water partition coefficient (Wildman–Crippen LogP) is 3.03. The zero-order valence-electron chi connectivity index (χ0n) is 15.9. The third kappa shape index (κ3) is 3.34. The van der Waals surface area contributed by atoms with Crippen LogP contribution in [0.5, 0.6) is 11.5 Å². The maximum atomic E-state index is 12.5. The summed E-state index contributed by atoms with van der Waals surface area (Å²) in [6, 6.07) is 9.31. The molecule has 0 fully saturated rings. The van der Waals surface area contributed by atoms with Crippen LogP contribution in [-0.2, 0) is 6.42 Å². The molecule has 0 aliphatic carbocycles. The van der Waals surface area contributed by atoms with Gasteiger partial charge in [0.1, 0.15) is 11.6 Å². The molecule has 0 bridgehead atoms. The first-order chi connectivity index (χ1) is 13.6. The van der Waals surface area contributed by atoms with Crippen molar-refractivity contribution in [3.63, 3.8) is 0 Å². The van der Waals surface area contributed by atoms with Crippen LogP contribution in [0.25, 0.3) is 16.7 Å². The van der Waals surface area contributed by atoms with Crippen molar-refractivity contribution in [2.75, 3.05) is 14.2 Å². The summed E-state index contributed by atoms with van der Waals surface area (Å²) in [5.74, 6) is 2.44. The highest BCUT2D eigenvalue weighted by atomic mass is 16.5. The van der Waals surface area contributed by atoms with Crippen LogP contribution in [0.1, 0.15) is 17.0 Å². The van der Waals surface area contributed by atoms with Gasteiger partial charge in [-0.3, -0.25) is 4.79 Å². The maximum Gasteiger partial charge on any atom is 0.258 e. The van der Waals surface area contributed by atoms with Gasteiger partial charge in [-0.05, 0) is 36.2 Å². The lowest BCUT2D eigenvalue weighted by Gasteiger charge is -2.09. The second-order valence-corrected chi connectivity index (χ2v) is 6.53. The molecular formula is C21H20N4O3. The molecule has 7 nitrogen and oxygen atoms in total. The van der Waals surface area contributed by atoms with Gasteiger partial charge in [-0.25, -0.2) is 9.97 Å². The molecule has 1 aromatic carbocycles. The van der Waals surface area contributed by atoms with E-state index in [1.807, 2.05) is 42.1 Å². The van der Waals surface area contributed by atoms with Gasteiger partial charge in [0.05, 0.1) is 25.1 Å². The van der Waals surface area contributed by atoms with Crippen LogP contribution in [-0.4, -0.2) is 33.7 Å². The summed E-state index contributed by atoms with van der Waals surface area (Å²) < 4.78 is 12.5. The molecular weight excluding hydrogens is 356 g/mol. The van der Waals surface area contributed by atoms with E-state index in [1.54, 1.807) is 25.4 Å². The lowest BCUT2D eigenvalue weighted by atomic mass is 10.1. The first-order valence-electron chi connectivity index (χ1n) is 8.82. The van der Waals surface area contributed by atoms with Gasteiger partial charge >= 0.3 is 0 Å². The van der Waals surface area contributed by atoms with Crippen LogP contribution in [0.2, 0.25) is 0 Å². The minimum atomic E-state index is -0.214. The summed E-state index contributed by atoms with van der Waals surface area (Å²) in [7, 11) is 3.09. The Kier molecular flexibility index (Phi) is 4.57. The fraction of sp³-hybridized carbons (Fsp3) is 0.190. The number of nitrogens with one attached hydrogen (secondary N) is 1. The topological polar surface area (TPSA) is 82.0 Å². The Morgan fingerprint density at radius 1 is 1.11 bits per heavy atom. The Labute approximate surface area is 161 Å². The highest BCUT2D eigenvalue weighted by molar-refractivity contribution is 5.81. The molecule has 0 atom stereocenters. The molecule has 0 radical (unpaired) electrons. The Morgan fingerprint density at radius 3 is 2.54 bits per heavy atom. The van der Waals surface area contributed by atoms with Gasteiger partial charge in [0.15, 0.2) is 11.5 Å². The van der Waals surface area contributed by atoms with Crippen LogP contribution in [0.15, 0.2) is 53.7 Å². The maximum absolute atomic E-state index is 12.5. The molecule has 3 heterocycles. The summed E-state index contributed by atoms with van der Waals surface area (Å²) in [5, 5.41) is 0.456. The third-order valence-electron chi connectivity index (χ3n) is 4.55. The molecule has 4 aromatic rings. The molecule has 0 aliphatic rings. The number of nitrogens with zero attached hydrogens (tertiary/aromatic N) is 3. The van der Waals surface area contributed by atoms with Crippen molar-refractivity contribution < 1.29 is 9.47 Å². The Bertz CT molecular complexity index is 1190. The van der Waals surface area contributed by atoms with E-state index in [0.29, 0.717) is 34.6 Å². The number of fused-ring (bicyclic) bond motifs is 1. The summed E-state index contributed by atoms with van der Waals surface area (Å²) >= 11 is 0. The molecule has 0 spiro atoms. The number of methoxy groups -OCH3 is 2. The van der Waals surface area contributed by atoms with Crippen LogP contribution in [0.4, 0.5) is 0 Å². The monoisotopic (exact) mass is 376 g/mol. The minimum absolute atomic E-state index is 0.214. The average Bonchev–Trinajstić information content (AvgIpc) is 3.14. The molecule has 3 aromatic heterocycles. The fourth-order valence-corrected chi connectivity index (χ4v) is 3.11. The van der Waals surface area contributed by atoms with E-state index < -0.39 is 0 Å². The minimum Gasteiger partial charge on any atom is -0.493 e. The summed E-state index contributed by atoms with van der Waals surface area (Å²) in [4.78, 5) is 24.4. The van der Waals surface area contributed by atoms with Crippen molar-refractivity contribution in [1.82, 2.24) is 19.5 Å².